The molecule has 0 aromatic carbocycles. The first-order valence-corrected chi connectivity index (χ1v) is 11.2. The molecular formula is C22H39NO3. The SMILES string of the molecule is CN(CC(O)COCCOC12CC3CC(CC(C3)C1)C2)C1CCCCC1. The summed E-state index contributed by atoms with van der Waals surface area (Å²) in [4.78, 5) is 2.33. The molecule has 0 radical (unpaired) electrons. The van der Waals surface area contributed by atoms with E-state index in [9.17, 15) is 5.11 Å². The quantitative estimate of drug-likeness (QED) is 0.634. The molecule has 0 aliphatic heterocycles. The Bertz CT molecular complexity index is 413. The van der Waals surface area contributed by atoms with Crippen LogP contribution in [0.15, 0.2) is 0 Å². The van der Waals surface area contributed by atoms with Crippen LogP contribution in [0.1, 0.15) is 70.6 Å². The second kappa shape index (κ2) is 8.46. The smallest absolute Gasteiger partial charge is 0.0900 e. The lowest BCUT2D eigenvalue weighted by molar-refractivity contribution is -0.170. The van der Waals surface area contributed by atoms with Gasteiger partial charge in [-0.15, -0.1) is 0 Å². The molecule has 4 nitrogen and oxygen atoms in total. The minimum atomic E-state index is -0.388. The minimum Gasteiger partial charge on any atom is -0.389 e. The van der Waals surface area contributed by atoms with Gasteiger partial charge in [0.25, 0.3) is 0 Å². The average molecular weight is 366 g/mol. The number of ether oxygens (including phenoxy) is 2. The third kappa shape index (κ3) is 4.63. The minimum absolute atomic E-state index is 0.178. The number of rotatable bonds is 9. The van der Waals surface area contributed by atoms with Crippen molar-refractivity contribution in [2.75, 3.05) is 33.4 Å². The third-order valence-electron chi connectivity index (χ3n) is 7.62. The van der Waals surface area contributed by atoms with Gasteiger partial charge in [-0.25, -0.2) is 0 Å². The summed E-state index contributed by atoms with van der Waals surface area (Å²) in [6.45, 7) is 2.46. The molecule has 5 aliphatic carbocycles. The zero-order chi connectivity index (χ0) is 18.0. The normalized spacial score (nSPS) is 38.2. The zero-order valence-corrected chi connectivity index (χ0v) is 16.7. The van der Waals surface area contributed by atoms with E-state index < -0.39 is 0 Å². The van der Waals surface area contributed by atoms with Crippen LogP contribution >= 0.6 is 0 Å². The van der Waals surface area contributed by atoms with Crippen molar-refractivity contribution in [3.63, 3.8) is 0 Å². The molecular weight excluding hydrogens is 326 g/mol. The summed E-state index contributed by atoms with van der Waals surface area (Å²) in [6, 6.07) is 0.651. The van der Waals surface area contributed by atoms with Crippen LogP contribution in [0.3, 0.4) is 0 Å². The largest absolute Gasteiger partial charge is 0.389 e. The van der Waals surface area contributed by atoms with Crippen LogP contribution in [0.4, 0.5) is 0 Å². The lowest BCUT2D eigenvalue weighted by atomic mass is 9.54. The maximum absolute atomic E-state index is 10.3. The number of aliphatic hydroxyl groups is 1. The van der Waals surface area contributed by atoms with Crippen molar-refractivity contribution in [3.05, 3.63) is 0 Å². The van der Waals surface area contributed by atoms with E-state index >= 15 is 0 Å². The van der Waals surface area contributed by atoms with Crippen LogP contribution in [-0.2, 0) is 9.47 Å². The molecule has 5 aliphatic rings. The topological polar surface area (TPSA) is 41.9 Å². The Kier molecular flexibility index (Phi) is 6.24. The molecule has 0 heterocycles. The number of hydrogen-bond donors (Lipinski definition) is 1. The van der Waals surface area contributed by atoms with Crippen LogP contribution in [0.5, 0.6) is 0 Å². The molecule has 4 bridgehead atoms. The van der Waals surface area contributed by atoms with Crippen molar-refractivity contribution in [2.45, 2.75) is 88.4 Å². The van der Waals surface area contributed by atoms with Gasteiger partial charge in [0.05, 0.1) is 31.5 Å². The Morgan fingerprint density at radius 1 is 0.962 bits per heavy atom. The highest BCUT2D eigenvalue weighted by Gasteiger charge is 2.51. The number of aliphatic hydroxyl groups excluding tert-OH is 1. The van der Waals surface area contributed by atoms with E-state index in [1.54, 1.807) is 0 Å². The maximum Gasteiger partial charge on any atom is 0.0900 e. The van der Waals surface area contributed by atoms with E-state index in [1.807, 2.05) is 0 Å². The van der Waals surface area contributed by atoms with Crippen molar-refractivity contribution >= 4 is 0 Å². The first-order chi connectivity index (χ1) is 12.6. The van der Waals surface area contributed by atoms with E-state index in [1.165, 1.54) is 70.6 Å². The highest BCUT2D eigenvalue weighted by atomic mass is 16.5. The van der Waals surface area contributed by atoms with Crippen LogP contribution < -0.4 is 0 Å². The summed E-state index contributed by atoms with van der Waals surface area (Å²) in [5, 5.41) is 10.3. The Morgan fingerprint density at radius 3 is 2.19 bits per heavy atom. The van der Waals surface area contributed by atoms with E-state index in [4.69, 9.17) is 9.47 Å². The molecule has 150 valence electrons. The number of likely N-dealkylation sites (N-methyl/N-ethyl adjacent to an activating group) is 1. The van der Waals surface area contributed by atoms with Crippen LogP contribution in [-0.4, -0.2) is 61.2 Å². The molecule has 0 spiro atoms. The first kappa shape index (κ1) is 19.2. The Hall–Kier alpha value is -0.160. The van der Waals surface area contributed by atoms with Crippen LogP contribution in [0.2, 0.25) is 0 Å². The Balaban J connectivity index is 1.10. The van der Waals surface area contributed by atoms with Gasteiger partial charge in [-0.3, -0.25) is 0 Å². The molecule has 5 rings (SSSR count). The van der Waals surface area contributed by atoms with Crippen molar-refractivity contribution in [1.82, 2.24) is 4.90 Å². The Morgan fingerprint density at radius 2 is 1.58 bits per heavy atom. The molecule has 5 fully saturated rings. The molecule has 1 atom stereocenters. The summed E-state index contributed by atoms with van der Waals surface area (Å²) >= 11 is 0. The van der Waals surface area contributed by atoms with Crippen molar-refractivity contribution in [1.29, 1.82) is 0 Å². The standard InChI is InChI=1S/C22H39NO3/c1-23(20-5-3-2-4-6-20)15-21(24)16-25-7-8-26-22-12-17-9-18(13-22)11-19(10-17)14-22/h17-21,24H,2-16H2,1H3. The summed E-state index contributed by atoms with van der Waals surface area (Å²) < 4.78 is 12.1. The fraction of sp³-hybridized carbons (Fsp3) is 1.00. The molecule has 0 saturated heterocycles. The highest BCUT2D eigenvalue weighted by Crippen LogP contribution is 2.57. The predicted octanol–water partition coefficient (Wildman–Crippen LogP) is 3.61. The first-order valence-electron chi connectivity index (χ1n) is 11.2. The maximum atomic E-state index is 10.3. The highest BCUT2D eigenvalue weighted by molar-refractivity contribution is 5.03. The molecule has 0 amide bonds. The lowest BCUT2D eigenvalue weighted by Gasteiger charge is -2.56. The molecule has 0 aromatic rings. The van der Waals surface area contributed by atoms with Crippen molar-refractivity contribution in [2.24, 2.45) is 17.8 Å². The monoisotopic (exact) mass is 365 g/mol. The summed E-state index contributed by atoms with van der Waals surface area (Å²) in [7, 11) is 2.15. The second-order valence-corrected chi connectivity index (χ2v) is 9.91. The van der Waals surface area contributed by atoms with Crippen LogP contribution in [0.25, 0.3) is 0 Å². The van der Waals surface area contributed by atoms with Gasteiger partial charge < -0.3 is 19.5 Å². The fourth-order valence-electron chi connectivity index (χ4n) is 6.80. The van der Waals surface area contributed by atoms with Gasteiger partial charge in [-0.05, 0) is 76.2 Å². The van der Waals surface area contributed by atoms with Gasteiger partial charge in [0.15, 0.2) is 0 Å². The number of hydrogen-bond acceptors (Lipinski definition) is 4. The van der Waals surface area contributed by atoms with Gasteiger partial charge in [-0.1, -0.05) is 19.3 Å². The van der Waals surface area contributed by atoms with E-state index in [0.717, 1.165) is 24.3 Å². The average Bonchev–Trinajstić information content (AvgIpc) is 2.61. The van der Waals surface area contributed by atoms with Gasteiger partial charge in [0, 0.05) is 12.6 Å². The zero-order valence-electron chi connectivity index (χ0n) is 16.7. The number of nitrogens with zero attached hydrogens (tertiary/aromatic N) is 1. The summed E-state index contributed by atoms with van der Waals surface area (Å²) in [6.07, 6.45) is 14.5. The van der Waals surface area contributed by atoms with Crippen LogP contribution in [0, 0.1) is 17.8 Å². The van der Waals surface area contributed by atoms with Crippen molar-refractivity contribution < 1.29 is 14.6 Å². The second-order valence-electron chi connectivity index (χ2n) is 9.91. The van der Waals surface area contributed by atoms with E-state index in [-0.39, 0.29) is 11.7 Å². The molecule has 5 saturated carbocycles. The molecule has 26 heavy (non-hydrogen) atoms. The molecule has 0 aromatic heterocycles. The summed E-state index contributed by atoms with van der Waals surface area (Å²) in [5.41, 5.74) is 0.178. The summed E-state index contributed by atoms with van der Waals surface area (Å²) in [5.74, 6) is 2.79. The van der Waals surface area contributed by atoms with Gasteiger partial charge in [-0.2, -0.15) is 0 Å². The third-order valence-corrected chi connectivity index (χ3v) is 7.62. The van der Waals surface area contributed by atoms with E-state index in [0.29, 0.717) is 25.9 Å². The van der Waals surface area contributed by atoms with Crippen molar-refractivity contribution in [3.8, 4) is 0 Å². The van der Waals surface area contributed by atoms with E-state index in [2.05, 4.69) is 11.9 Å². The molecule has 1 unspecified atom stereocenters. The lowest BCUT2D eigenvalue weighted by Crippen LogP contribution is -2.52. The fourth-order valence-corrected chi connectivity index (χ4v) is 6.80. The molecule has 1 N–H and O–H groups in total. The predicted molar refractivity (Wildman–Crippen MR) is 103 cm³/mol. The van der Waals surface area contributed by atoms with Gasteiger partial charge in [0.2, 0.25) is 0 Å². The van der Waals surface area contributed by atoms with Gasteiger partial charge >= 0.3 is 0 Å². The van der Waals surface area contributed by atoms with Gasteiger partial charge in [0.1, 0.15) is 0 Å². The Labute approximate surface area is 159 Å². The molecule has 4 heteroatoms.